The van der Waals surface area contributed by atoms with Crippen molar-refractivity contribution in [1.82, 2.24) is 10.6 Å². The second-order valence-corrected chi connectivity index (χ2v) is 3.91. The summed E-state index contributed by atoms with van der Waals surface area (Å²) in [6.07, 6.45) is 1.03. The number of carbonyl (C=O) groups excluding carboxylic acids is 1. The molecule has 16 heavy (non-hydrogen) atoms. The largest absolute Gasteiger partial charge is 0.464 e. The van der Waals surface area contributed by atoms with Crippen LogP contribution < -0.4 is 10.6 Å². The molecule has 0 aliphatic heterocycles. The molecule has 1 aromatic rings. The Balaban J connectivity index is 2.33. The van der Waals surface area contributed by atoms with Gasteiger partial charge >= 0.3 is 0 Å². The highest BCUT2D eigenvalue weighted by Gasteiger charge is 2.11. The second-order valence-electron chi connectivity index (χ2n) is 3.91. The van der Waals surface area contributed by atoms with E-state index < -0.39 is 0 Å². The summed E-state index contributed by atoms with van der Waals surface area (Å²) in [6, 6.07) is 3.71. The van der Waals surface area contributed by atoms with Gasteiger partial charge in [-0.2, -0.15) is 0 Å². The molecule has 2 N–H and O–H groups in total. The summed E-state index contributed by atoms with van der Waals surface area (Å²) in [5, 5.41) is 5.93. The molecule has 1 rings (SSSR count). The summed E-state index contributed by atoms with van der Waals surface area (Å²) in [7, 11) is 0. The molecule has 0 radical (unpaired) electrons. The molecule has 1 aromatic heterocycles. The lowest BCUT2D eigenvalue weighted by Gasteiger charge is -2.11. The van der Waals surface area contributed by atoms with Crippen molar-refractivity contribution < 1.29 is 9.21 Å². The highest BCUT2D eigenvalue weighted by Crippen LogP contribution is 2.14. The van der Waals surface area contributed by atoms with Crippen LogP contribution in [0.1, 0.15) is 37.8 Å². The molecule has 0 fully saturated rings. The fraction of sp³-hybridized carbons (Fsp3) is 0.583. The van der Waals surface area contributed by atoms with Crippen molar-refractivity contribution in [3.05, 3.63) is 23.7 Å². The van der Waals surface area contributed by atoms with Crippen LogP contribution in [0.3, 0.4) is 0 Å². The number of hydrogen-bond donors (Lipinski definition) is 2. The van der Waals surface area contributed by atoms with E-state index in [1.54, 1.807) is 0 Å². The monoisotopic (exact) mass is 224 g/mol. The maximum Gasteiger partial charge on any atom is 0.234 e. The molecule has 4 heteroatoms. The average Bonchev–Trinajstić information content (AvgIpc) is 2.65. The molecule has 1 heterocycles. The first kappa shape index (κ1) is 12.8. The molecule has 0 saturated heterocycles. The van der Waals surface area contributed by atoms with Crippen LogP contribution in [0.25, 0.3) is 0 Å². The van der Waals surface area contributed by atoms with Gasteiger partial charge in [-0.25, -0.2) is 0 Å². The van der Waals surface area contributed by atoms with Gasteiger partial charge in [-0.3, -0.25) is 4.79 Å². The molecule has 4 nitrogen and oxygen atoms in total. The summed E-state index contributed by atoms with van der Waals surface area (Å²) in [4.78, 5) is 11.5. The van der Waals surface area contributed by atoms with Crippen LogP contribution in [0.2, 0.25) is 0 Å². The van der Waals surface area contributed by atoms with Crippen LogP contribution in [-0.4, -0.2) is 19.0 Å². The van der Waals surface area contributed by atoms with Crippen molar-refractivity contribution in [3.8, 4) is 0 Å². The first-order valence-corrected chi connectivity index (χ1v) is 5.70. The quantitative estimate of drug-likeness (QED) is 0.724. The molecule has 1 amide bonds. The van der Waals surface area contributed by atoms with Crippen molar-refractivity contribution in [1.29, 1.82) is 0 Å². The minimum atomic E-state index is -0.0790. The van der Waals surface area contributed by atoms with Crippen LogP contribution in [0.15, 0.2) is 16.5 Å². The topological polar surface area (TPSA) is 54.3 Å². The molecule has 0 aliphatic carbocycles. The zero-order chi connectivity index (χ0) is 12.0. The van der Waals surface area contributed by atoms with Gasteiger partial charge in [0.05, 0.1) is 12.6 Å². The Labute approximate surface area is 96.4 Å². The van der Waals surface area contributed by atoms with Crippen LogP contribution in [0.4, 0.5) is 0 Å². The first-order chi connectivity index (χ1) is 7.63. The van der Waals surface area contributed by atoms with E-state index >= 15 is 0 Å². The van der Waals surface area contributed by atoms with Crippen LogP contribution in [0, 0.1) is 6.92 Å². The predicted molar refractivity (Wildman–Crippen MR) is 63.2 cm³/mol. The first-order valence-electron chi connectivity index (χ1n) is 5.70. The normalized spacial score (nSPS) is 12.4. The molecule has 0 bridgehead atoms. The summed E-state index contributed by atoms with van der Waals surface area (Å²) >= 11 is 0. The second kappa shape index (κ2) is 6.33. The zero-order valence-corrected chi connectivity index (χ0v) is 10.2. The van der Waals surface area contributed by atoms with E-state index in [1.165, 1.54) is 0 Å². The molecule has 90 valence electrons. The summed E-state index contributed by atoms with van der Waals surface area (Å²) < 4.78 is 5.44. The van der Waals surface area contributed by atoms with Gasteiger partial charge in [0, 0.05) is 0 Å². The molecule has 0 aliphatic rings. The van der Waals surface area contributed by atoms with Gasteiger partial charge in [0.1, 0.15) is 11.5 Å². The molecule has 0 aromatic carbocycles. The number of hydrogen-bond acceptors (Lipinski definition) is 3. The minimum Gasteiger partial charge on any atom is -0.464 e. The number of rotatable bonds is 6. The maximum atomic E-state index is 11.5. The Morgan fingerprint density at radius 1 is 1.50 bits per heavy atom. The van der Waals surface area contributed by atoms with Crippen LogP contribution >= 0.6 is 0 Å². The van der Waals surface area contributed by atoms with Gasteiger partial charge in [-0.1, -0.05) is 6.92 Å². The number of nitrogens with one attached hydrogen (secondary N) is 2. The van der Waals surface area contributed by atoms with E-state index in [2.05, 4.69) is 17.6 Å². The Hall–Kier alpha value is -1.29. The number of amides is 1. The van der Waals surface area contributed by atoms with E-state index in [1.807, 2.05) is 26.0 Å². The van der Waals surface area contributed by atoms with E-state index in [9.17, 15) is 4.79 Å². The Kier molecular flexibility index (Phi) is 5.05. The van der Waals surface area contributed by atoms with E-state index in [-0.39, 0.29) is 11.9 Å². The average molecular weight is 224 g/mol. The third-order valence-electron chi connectivity index (χ3n) is 2.28. The fourth-order valence-electron chi connectivity index (χ4n) is 1.43. The summed E-state index contributed by atoms with van der Waals surface area (Å²) in [5.41, 5.74) is 0. The maximum absolute atomic E-state index is 11.5. The number of furan rings is 1. The predicted octanol–water partition coefficient (Wildman–Crippen LogP) is 1.76. The lowest BCUT2D eigenvalue weighted by atomic mass is 10.2. The third-order valence-corrected chi connectivity index (χ3v) is 2.28. The van der Waals surface area contributed by atoms with Gasteiger partial charge in [0.2, 0.25) is 5.91 Å². The fourth-order valence-corrected chi connectivity index (χ4v) is 1.43. The lowest BCUT2D eigenvalue weighted by molar-refractivity contribution is -0.121. The molecule has 0 spiro atoms. The van der Waals surface area contributed by atoms with Crippen molar-refractivity contribution in [2.45, 2.75) is 33.2 Å². The van der Waals surface area contributed by atoms with Gasteiger partial charge in [0.25, 0.3) is 0 Å². The standard InChI is InChI=1S/C12H20N2O2/c1-4-7-13-8-12(15)14-10(3)11-6-5-9(2)16-11/h5-6,10,13H,4,7-8H2,1-3H3,(H,14,15). The van der Waals surface area contributed by atoms with Gasteiger partial charge < -0.3 is 15.1 Å². The van der Waals surface area contributed by atoms with Crippen molar-refractivity contribution >= 4 is 5.91 Å². The van der Waals surface area contributed by atoms with Crippen molar-refractivity contribution in [3.63, 3.8) is 0 Å². The van der Waals surface area contributed by atoms with E-state index in [0.717, 1.165) is 24.5 Å². The number of aryl methyl sites for hydroxylation is 1. The third kappa shape index (κ3) is 4.06. The van der Waals surface area contributed by atoms with E-state index in [0.29, 0.717) is 6.54 Å². The van der Waals surface area contributed by atoms with Crippen molar-refractivity contribution in [2.75, 3.05) is 13.1 Å². The molecule has 1 atom stereocenters. The highest BCUT2D eigenvalue weighted by molar-refractivity contribution is 5.78. The van der Waals surface area contributed by atoms with Crippen LogP contribution in [-0.2, 0) is 4.79 Å². The SMILES string of the molecule is CCCNCC(=O)NC(C)c1ccc(C)o1. The van der Waals surface area contributed by atoms with Gasteiger partial charge in [-0.15, -0.1) is 0 Å². The Morgan fingerprint density at radius 2 is 2.25 bits per heavy atom. The highest BCUT2D eigenvalue weighted by atomic mass is 16.3. The van der Waals surface area contributed by atoms with E-state index in [4.69, 9.17) is 4.42 Å². The molecule has 1 unspecified atom stereocenters. The molecular weight excluding hydrogens is 204 g/mol. The summed E-state index contributed by atoms with van der Waals surface area (Å²) in [6.45, 7) is 7.09. The summed E-state index contributed by atoms with van der Waals surface area (Å²) in [5.74, 6) is 1.65. The van der Waals surface area contributed by atoms with Gasteiger partial charge in [0.15, 0.2) is 0 Å². The minimum absolute atomic E-state index is 0.00463. The Bertz CT molecular complexity index is 334. The molecule has 0 saturated carbocycles. The Morgan fingerprint density at radius 3 is 2.81 bits per heavy atom. The van der Waals surface area contributed by atoms with Gasteiger partial charge in [-0.05, 0) is 38.9 Å². The lowest BCUT2D eigenvalue weighted by Crippen LogP contribution is -2.35. The van der Waals surface area contributed by atoms with Crippen LogP contribution in [0.5, 0.6) is 0 Å². The number of carbonyl (C=O) groups is 1. The van der Waals surface area contributed by atoms with Crippen molar-refractivity contribution in [2.24, 2.45) is 0 Å². The zero-order valence-electron chi connectivity index (χ0n) is 10.2. The molecular formula is C12H20N2O2. The smallest absolute Gasteiger partial charge is 0.234 e.